The second-order valence-corrected chi connectivity index (χ2v) is 9.35. The van der Waals surface area contributed by atoms with E-state index in [1.165, 1.54) is 48.5 Å². The molecular formula is C22H16N2O6S2. The summed E-state index contributed by atoms with van der Waals surface area (Å²) in [5.74, 6) is 0.479. The van der Waals surface area contributed by atoms with Crippen molar-refractivity contribution in [1.29, 1.82) is 0 Å². The molecule has 3 aromatic carbocycles. The molecule has 1 aliphatic rings. The molecular weight excluding hydrogens is 452 g/mol. The van der Waals surface area contributed by atoms with Crippen LogP contribution in [0.5, 0.6) is 17.2 Å². The number of carbonyl (C=O) groups excluding carboxylic acids is 2. The van der Waals surface area contributed by atoms with Gasteiger partial charge in [0, 0.05) is 6.07 Å². The topological polar surface area (TPSA) is 122 Å². The summed E-state index contributed by atoms with van der Waals surface area (Å²) >= 11 is 0.843. The number of hydrogen-bond donors (Lipinski definition) is 3. The average Bonchev–Trinajstić information content (AvgIpc) is 3.06. The molecule has 0 saturated carbocycles. The number of phenolic OH excluding ortho intramolecular Hbond substituents is 1. The Morgan fingerprint density at radius 1 is 0.938 bits per heavy atom. The van der Waals surface area contributed by atoms with Gasteiger partial charge in [-0.25, -0.2) is 8.42 Å². The van der Waals surface area contributed by atoms with Crippen LogP contribution in [0.2, 0.25) is 0 Å². The third-order valence-corrected chi connectivity index (χ3v) is 6.50. The molecule has 0 aromatic heterocycles. The van der Waals surface area contributed by atoms with Gasteiger partial charge in [-0.1, -0.05) is 18.2 Å². The summed E-state index contributed by atoms with van der Waals surface area (Å²) in [6.07, 6.45) is 1.60. The van der Waals surface area contributed by atoms with Crippen molar-refractivity contribution < 1.29 is 27.9 Å². The summed E-state index contributed by atoms with van der Waals surface area (Å²) in [6, 6.07) is 18.5. The Kier molecular flexibility index (Phi) is 5.89. The molecule has 0 radical (unpaired) electrons. The second-order valence-electron chi connectivity index (χ2n) is 6.65. The number of imide groups is 1. The number of benzene rings is 3. The number of amides is 2. The number of sulfonamides is 1. The highest BCUT2D eigenvalue weighted by molar-refractivity contribution is 8.18. The zero-order chi connectivity index (χ0) is 22.7. The molecule has 1 heterocycles. The molecule has 0 unspecified atom stereocenters. The largest absolute Gasteiger partial charge is 0.508 e. The lowest BCUT2D eigenvalue weighted by Crippen LogP contribution is -2.17. The first-order chi connectivity index (χ1) is 15.3. The minimum absolute atomic E-state index is 0.0389. The number of carbonyl (C=O) groups is 2. The molecule has 1 saturated heterocycles. The molecule has 8 nitrogen and oxygen atoms in total. The van der Waals surface area contributed by atoms with Gasteiger partial charge in [0.2, 0.25) is 0 Å². The fraction of sp³-hybridized carbons (Fsp3) is 0. The number of rotatable bonds is 6. The first-order valence-corrected chi connectivity index (χ1v) is 11.5. The van der Waals surface area contributed by atoms with E-state index in [0.717, 1.165) is 17.3 Å². The van der Waals surface area contributed by atoms with Gasteiger partial charge in [0.1, 0.15) is 17.2 Å². The van der Waals surface area contributed by atoms with Gasteiger partial charge < -0.3 is 9.84 Å². The van der Waals surface area contributed by atoms with Crippen LogP contribution in [0.15, 0.2) is 82.6 Å². The monoisotopic (exact) mass is 468 g/mol. The fourth-order valence-electron chi connectivity index (χ4n) is 2.81. The van der Waals surface area contributed by atoms with Gasteiger partial charge in [-0.15, -0.1) is 0 Å². The molecule has 0 bridgehead atoms. The maximum atomic E-state index is 12.5. The van der Waals surface area contributed by atoms with Gasteiger partial charge in [-0.05, 0) is 71.9 Å². The van der Waals surface area contributed by atoms with Crippen LogP contribution in [0, 0.1) is 0 Å². The maximum Gasteiger partial charge on any atom is 0.290 e. The second kappa shape index (κ2) is 8.77. The summed E-state index contributed by atoms with van der Waals surface area (Å²) < 4.78 is 33.2. The molecule has 1 aliphatic heterocycles. The van der Waals surface area contributed by atoms with E-state index < -0.39 is 21.2 Å². The summed E-state index contributed by atoms with van der Waals surface area (Å²) in [7, 11) is -3.83. The van der Waals surface area contributed by atoms with E-state index in [-0.39, 0.29) is 16.3 Å². The number of ether oxygens (including phenoxy) is 1. The van der Waals surface area contributed by atoms with Crippen LogP contribution in [0.1, 0.15) is 5.56 Å². The summed E-state index contributed by atoms with van der Waals surface area (Å²) in [5, 5.41) is 11.3. The van der Waals surface area contributed by atoms with Crippen LogP contribution in [-0.4, -0.2) is 24.7 Å². The van der Waals surface area contributed by atoms with Crippen molar-refractivity contribution in [1.82, 2.24) is 5.32 Å². The van der Waals surface area contributed by atoms with Crippen LogP contribution in [0.25, 0.3) is 6.08 Å². The molecule has 2 amide bonds. The van der Waals surface area contributed by atoms with E-state index in [1.54, 1.807) is 30.3 Å². The Balaban J connectivity index is 1.43. The Morgan fingerprint density at radius 3 is 2.19 bits per heavy atom. The van der Waals surface area contributed by atoms with Gasteiger partial charge in [0.15, 0.2) is 0 Å². The van der Waals surface area contributed by atoms with E-state index >= 15 is 0 Å². The number of thioether (sulfide) groups is 1. The highest BCUT2D eigenvalue weighted by atomic mass is 32.2. The lowest BCUT2D eigenvalue weighted by molar-refractivity contribution is -0.115. The van der Waals surface area contributed by atoms with Crippen molar-refractivity contribution >= 4 is 44.7 Å². The third-order valence-electron chi connectivity index (χ3n) is 4.29. The Morgan fingerprint density at radius 2 is 1.59 bits per heavy atom. The van der Waals surface area contributed by atoms with Crippen molar-refractivity contribution in [3.05, 3.63) is 83.3 Å². The Labute approximate surface area is 188 Å². The van der Waals surface area contributed by atoms with Crippen LogP contribution in [0.3, 0.4) is 0 Å². The molecule has 162 valence electrons. The molecule has 0 spiro atoms. The number of aromatic hydroxyl groups is 1. The van der Waals surface area contributed by atoms with Crippen molar-refractivity contribution in [2.75, 3.05) is 4.72 Å². The standard InChI is InChI=1S/C22H16N2O6S2/c25-16-3-1-2-15(13-16)24-32(28,29)19-10-8-18(9-11-19)30-17-6-4-14(5-7-17)12-20-21(26)23-22(27)31-20/h1-13,24-25H,(H,23,26,27)/b20-12+. The predicted octanol–water partition coefficient (Wildman–Crippen LogP) is 4.31. The van der Waals surface area contributed by atoms with Crippen LogP contribution in [0.4, 0.5) is 10.5 Å². The van der Waals surface area contributed by atoms with Crippen LogP contribution >= 0.6 is 11.8 Å². The summed E-state index contributed by atoms with van der Waals surface area (Å²) in [6.45, 7) is 0. The lowest BCUT2D eigenvalue weighted by Gasteiger charge is -2.10. The number of nitrogens with one attached hydrogen (secondary N) is 2. The van der Waals surface area contributed by atoms with Crippen molar-refractivity contribution in [2.24, 2.45) is 0 Å². The number of anilines is 1. The molecule has 0 atom stereocenters. The van der Waals surface area contributed by atoms with Crippen LogP contribution in [-0.2, 0) is 14.8 Å². The average molecular weight is 469 g/mol. The molecule has 32 heavy (non-hydrogen) atoms. The maximum absolute atomic E-state index is 12.5. The minimum atomic E-state index is -3.83. The highest BCUT2D eigenvalue weighted by Gasteiger charge is 2.24. The van der Waals surface area contributed by atoms with Crippen LogP contribution < -0.4 is 14.8 Å². The molecule has 4 rings (SSSR count). The third kappa shape index (κ3) is 5.10. The Hall–Kier alpha value is -3.76. The van der Waals surface area contributed by atoms with E-state index in [9.17, 15) is 23.1 Å². The Bertz CT molecular complexity index is 1320. The highest BCUT2D eigenvalue weighted by Crippen LogP contribution is 2.28. The van der Waals surface area contributed by atoms with Crippen molar-refractivity contribution in [3.8, 4) is 17.2 Å². The van der Waals surface area contributed by atoms with Gasteiger partial charge >= 0.3 is 0 Å². The van der Waals surface area contributed by atoms with E-state index in [2.05, 4.69) is 10.0 Å². The first-order valence-electron chi connectivity index (χ1n) is 9.23. The van der Waals surface area contributed by atoms with E-state index in [4.69, 9.17) is 4.74 Å². The fourth-order valence-corrected chi connectivity index (χ4v) is 4.54. The van der Waals surface area contributed by atoms with Gasteiger partial charge in [-0.3, -0.25) is 19.6 Å². The molecule has 10 heteroatoms. The number of hydrogen-bond acceptors (Lipinski definition) is 7. The minimum Gasteiger partial charge on any atom is -0.508 e. The summed E-state index contributed by atoms with van der Waals surface area (Å²) in [5.41, 5.74) is 0.974. The predicted molar refractivity (Wildman–Crippen MR) is 121 cm³/mol. The molecule has 3 aromatic rings. The van der Waals surface area contributed by atoms with E-state index in [0.29, 0.717) is 16.4 Å². The lowest BCUT2D eigenvalue weighted by atomic mass is 10.2. The smallest absolute Gasteiger partial charge is 0.290 e. The zero-order valence-electron chi connectivity index (χ0n) is 16.3. The summed E-state index contributed by atoms with van der Waals surface area (Å²) in [4.78, 5) is 23.2. The van der Waals surface area contributed by atoms with Gasteiger partial charge in [-0.2, -0.15) is 0 Å². The first kappa shape index (κ1) is 21.5. The quantitative estimate of drug-likeness (QED) is 0.461. The molecule has 1 fully saturated rings. The van der Waals surface area contributed by atoms with Crippen molar-refractivity contribution in [3.63, 3.8) is 0 Å². The van der Waals surface area contributed by atoms with Crippen molar-refractivity contribution in [2.45, 2.75) is 4.90 Å². The SMILES string of the molecule is O=C1NC(=O)/C(=C\c2ccc(Oc3ccc(S(=O)(=O)Nc4cccc(O)c4)cc3)cc2)S1. The van der Waals surface area contributed by atoms with Gasteiger partial charge in [0.25, 0.3) is 21.2 Å². The number of phenols is 1. The van der Waals surface area contributed by atoms with E-state index in [1.807, 2.05) is 0 Å². The van der Waals surface area contributed by atoms with Gasteiger partial charge in [0.05, 0.1) is 15.5 Å². The molecule has 0 aliphatic carbocycles. The zero-order valence-corrected chi connectivity index (χ0v) is 17.9. The molecule has 3 N–H and O–H groups in total. The normalized spacial score (nSPS) is 14.9.